The fourth-order valence-electron chi connectivity index (χ4n) is 2.21. The molecular formula is C19H22ClNO2. The lowest BCUT2D eigenvalue weighted by molar-refractivity contribution is -0.121. The van der Waals surface area contributed by atoms with Gasteiger partial charge in [0.05, 0.1) is 6.61 Å². The van der Waals surface area contributed by atoms with E-state index in [1.54, 1.807) is 12.1 Å². The average molecular weight is 332 g/mol. The minimum absolute atomic E-state index is 0.0625. The van der Waals surface area contributed by atoms with Crippen LogP contribution in [0.5, 0.6) is 5.75 Å². The van der Waals surface area contributed by atoms with Gasteiger partial charge < -0.3 is 10.1 Å². The van der Waals surface area contributed by atoms with Gasteiger partial charge in [-0.15, -0.1) is 0 Å². The second-order valence-corrected chi connectivity index (χ2v) is 5.96. The van der Waals surface area contributed by atoms with Crippen molar-refractivity contribution in [2.24, 2.45) is 0 Å². The summed E-state index contributed by atoms with van der Waals surface area (Å²) in [5.41, 5.74) is 1.24. The van der Waals surface area contributed by atoms with Crippen LogP contribution >= 0.6 is 11.6 Å². The number of nitrogens with one attached hydrogen (secondary N) is 1. The van der Waals surface area contributed by atoms with Crippen LogP contribution in [-0.4, -0.2) is 19.1 Å². The summed E-state index contributed by atoms with van der Waals surface area (Å²) < 4.78 is 5.57. The van der Waals surface area contributed by atoms with Crippen molar-refractivity contribution in [3.63, 3.8) is 0 Å². The van der Waals surface area contributed by atoms with Gasteiger partial charge >= 0.3 is 0 Å². The largest absolute Gasteiger partial charge is 0.494 e. The number of rotatable bonds is 8. The van der Waals surface area contributed by atoms with Gasteiger partial charge in [-0.1, -0.05) is 48.9 Å². The first-order valence-electron chi connectivity index (χ1n) is 7.85. The molecule has 0 aliphatic carbocycles. The molecule has 0 fully saturated rings. The standard InChI is InChI=1S/C19H22ClNO2/c1-15(16-6-3-2-4-7-16)14-21-19(22)8-5-13-23-18-11-9-17(20)10-12-18/h2-4,6-7,9-12,15H,5,8,13-14H2,1H3,(H,21,22). The minimum atomic E-state index is 0.0625. The molecule has 122 valence electrons. The molecule has 0 radical (unpaired) electrons. The zero-order valence-electron chi connectivity index (χ0n) is 13.3. The highest BCUT2D eigenvalue weighted by atomic mass is 35.5. The lowest BCUT2D eigenvalue weighted by Crippen LogP contribution is -2.27. The molecule has 0 aromatic heterocycles. The average Bonchev–Trinajstić information content (AvgIpc) is 2.59. The SMILES string of the molecule is CC(CNC(=O)CCCOc1ccc(Cl)cc1)c1ccccc1. The Morgan fingerprint density at radius 1 is 1.13 bits per heavy atom. The quantitative estimate of drug-likeness (QED) is 0.727. The van der Waals surface area contributed by atoms with Crippen molar-refractivity contribution in [1.29, 1.82) is 0 Å². The number of carbonyl (C=O) groups excluding carboxylic acids is 1. The maximum atomic E-state index is 11.9. The third kappa shape index (κ3) is 6.33. The molecule has 0 heterocycles. The van der Waals surface area contributed by atoms with Crippen molar-refractivity contribution in [1.82, 2.24) is 5.32 Å². The van der Waals surface area contributed by atoms with Crippen LogP contribution in [0.25, 0.3) is 0 Å². The molecule has 1 N–H and O–H groups in total. The van der Waals surface area contributed by atoms with Crippen LogP contribution in [0.3, 0.4) is 0 Å². The summed E-state index contributed by atoms with van der Waals surface area (Å²) in [7, 11) is 0. The summed E-state index contributed by atoms with van der Waals surface area (Å²) in [6.07, 6.45) is 1.16. The highest BCUT2D eigenvalue weighted by Gasteiger charge is 2.07. The fraction of sp³-hybridized carbons (Fsp3) is 0.316. The number of carbonyl (C=O) groups is 1. The smallest absolute Gasteiger partial charge is 0.220 e. The maximum absolute atomic E-state index is 11.9. The molecule has 1 unspecified atom stereocenters. The van der Waals surface area contributed by atoms with E-state index < -0.39 is 0 Å². The molecule has 0 aliphatic heterocycles. The highest BCUT2D eigenvalue weighted by Crippen LogP contribution is 2.16. The molecule has 23 heavy (non-hydrogen) atoms. The van der Waals surface area contributed by atoms with E-state index in [4.69, 9.17) is 16.3 Å². The molecule has 0 bridgehead atoms. The van der Waals surface area contributed by atoms with Crippen molar-refractivity contribution in [3.8, 4) is 5.75 Å². The number of benzene rings is 2. The van der Waals surface area contributed by atoms with Crippen LogP contribution < -0.4 is 10.1 Å². The first-order chi connectivity index (χ1) is 11.1. The van der Waals surface area contributed by atoms with Crippen molar-refractivity contribution >= 4 is 17.5 Å². The Balaban J connectivity index is 1.61. The van der Waals surface area contributed by atoms with Crippen LogP contribution in [0.2, 0.25) is 5.02 Å². The maximum Gasteiger partial charge on any atom is 0.220 e. The Morgan fingerprint density at radius 3 is 2.52 bits per heavy atom. The van der Waals surface area contributed by atoms with E-state index in [1.165, 1.54) is 5.56 Å². The fourth-order valence-corrected chi connectivity index (χ4v) is 2.33. The summed E-state index contributed by atoms with van der Waals surface area (Å²) in [5, 5.41) is 3.66. The molecule has 0 aliphatic rings. The predicted molar refractivity (Wildman–Crippen MR) is 94.0 cm³/mol. The molecule has 2 rings (SSSR count). The molecule has 4 heteroatoms. The molecule has 1 amide bonds. The van der Waals surface area contributed by atoms with Crippen LogP contribution in [0, 0.1) is 0 Å². The van der Waals surface area contributed by atoms with E-state index in [0.29, 0.717) is 36.9 Å². The zero-order chi connectivity index (χ0) is 16.5. The normalized spacial score (nSPS) is 11.7. The number of hydrogen-bond acceptors (Lipinski definition) is 2. The van der Waals surface area contributed by atoms with E-state index in [2.05, 4.69) is 24.4 Å². The predicted octanol–water partition coefficient (Wildman–Crippen LogP) is 4.42. The summed E-state index contributed by atoms with van der Waals surface area (Å²) >= 11 is 5.81. The van der Waals surface area contributed by atoms with E-state index in [9.17, 15) is 4.79 Å². The monoisotopic (exact) mass is 331 g/mol. The number of ether oxygens (including phenoxy) is 1. The van der Waals surface area contributed by atoms with Gasteiger partial charge in [0, 0.05) is 18.0 Å². The van der Waals surface area contributed by atoms with Gasteiger partial charge in [0.2, 0.25) is 5.91 Å². The van der Waals surface area contributed by atoms with Gasteiger partial charge in [-0.3, -0.25) is 4.79 Å². The Morgan fingerprint density at radius 2 is 1.83 bits per heavy atom. The van der Waals surface area contributed by atoms with E-state index in [0.717, 1.165) is 5.75 Å². The van der Waals surface area contributed by atoms with E-state index in [-0.39, 0.29) is 5.91 Å². The van der Waals surface area contributed by atoms with Crippen LogP contribution in [0.4, 0.5) is 0 Å². The number of halogens is 1. The second kappa shape index (κ2) is 9.21. The van der Waals surface area contributed by atoms with Crippen molar-refractivity contribution < 1.29 is 9.53 Å². The van der Waals surface area contributed by atoms with Crippen molar-refractivity contribution in [2.75, 3.05) is 13.2 Å². The number of amides is 1. The number of hydrogen-bond donors (Lipinski definition) is 1. The van der Waals surface area contributed by atoms with Crippen LogP contribution in [0.1, 0.15) is 31.2 Å². The van der Waals surface area contributed by atoms with E-state index in [1.807, 2.05) is 30.3 Å². The molecule has 3 nitrogen and oxygen atoms in total. The molecule has 2 aromatic carbocycles. The highest BCUT2D eigenvalue weighted by molar-refractivity contribution is 6.30. The Bertz CT molecular complexity index is 599. The van der Waals surface area contributed by atoms with Crippen LogP contribution in [0.15, 0.2) is 54.6 Å². The van der Waals surface area contributed by atoms with E-state index >= 15 is 0 Å². The first kappa shape index (κ1) is 17.4. The molecule has 0 spiro atoms. The molecule has 0 saturated heterocycles. The Hall–Kier alpha value is -2.00. The summed E-state index contributed by atoms with van der Waals surface area (Å²) in [6, 6.07) is 17.4. The van der Waals surface area contributed by atoms with Gasteiger partial charge in [-0.25, -0.2) is 0 Å². The molecule has 2 aromatic rings. The van der Waals surface area contributed by atoms with Crippen molar-refractivity contribution in [2.45, 2.75) is 25.7 Å². The Labute approximate surface area is 142 Å². The first-order valence-corrected chi connectivity index (χ1v) is 8.23. The summed E-state index contributed by atoms with van der Waals surface area (Å²) in [6.45, 7) is 3.28. The zero-order valence-corrected chi connectivity index (χ0v) is 14.1. The molecule has 1 atom stereocenters. The Kier molecular flexibility index (Phi) is 6.95. The van der Waals surface area contributed by atoms with Gasteiger partial charge in [-0.2, -0.15) is 0 Å². The molecule has 0 saturated carbocycles. The summed E-state index contributed by atoms with van der Waals surface area (Å²) in [4.78, 5) is 11.9. The summed E-state index contributed by atoms with van der Waals surface area (Å²) in [5.74, 6) is 1.14. The van der Waals surface area contributed by atoms with Gasteiger partial charge in [-0.05, 0) is 42.2 Å². The van der Waals surface area contributed by atoms with Crippen molar-refractivity contribution in [3.05, 3.63) is 65.2 Å². The lowest BCUT2D eigenvalue weighted by atomic mass is 10.0. The topological polar surface area (TPSA) is 38.3 Å². The lowest BCUT2D eigenvalue weighted by Gasteiger charge is -2.13. The van der Waals surface area contributed by atoms with Gasteiger partial charge in [0.1, 0.15) is 5.75 Å². The van der Waals surface area contributed by atoms with Crippen LogP contribution in [-0.2, 0) is 4.79 Å². The molecular weight excluding hydrogens is 310 g/mol. The second-order valence-electron chi connectivity index (χ2n) is 5.52. The van der Waals surface area contributed by atoms with Gasteiger partial charge in [0.15, 0.2) is 0 Å². The third-order valence-corrected chi connectivity index (χ3v) is 3.86. The third-order valence-electron chi connectivity index (χ3n) is 3.60. The van der Waals surface area contributed by atoms with Gasteiger partial charge in [0.25, 0.3) is 0 Å². The minimum Gasteiger partial charge on any atom is -0.494 e.